The average molecular weight is 429 g/mol. The molecule has 3 N–H and O–H groups in total. The van der Waals surface area contributed by atoms with Crippen LogP contribution in [0.3, 0.4) is 0 Å². The molecule has 0 aliphatic carbocycles. The number of benzene rings is 2. The van der Waals surface area contributed by atoms with Crippen molar-refractivity contribution in [2.45, 2.75) is 0 Å². The van der Waals surface area contributed by atoms with Crippen LogP contribution in [0.25, 0.3) is 10.4 Å². The molecule has 28 heavy (non-hydrogen) atoms. The second kappa shape index (κ2) is 7.26. The van der Waals surface area contributed by atoms with Crippen molar-refractivity contribution in [1.82, 2.24) is 0 Å². The number of carbonyl (C=O) groups is 1. The van der Waals surface area contributed by atoms with Gasteiger partial charge in [0, 0.05) is 10.4 Å². The lowest BCUT2D eigenvalue weighted by Gasteiger charge is -2.07. The van der Waals surface area contributed by atoms with E-state index in [1.165, 1.54) is 24.3 Å². The van der Waals surface area contributed by atoms with Gasteiger partial charge in [0.15, 0.2) is 23.1 Å². The van der Waals surface area contributed by atoms with Gasteiger partial charge in [0.1, 0.15) is 5.82 Å². The lowest BCUT2D eigenvalue weighted by molar-refractivity contribution is 0.103. The van der Waals surface area contributed by atoms with Crippen molar-refractivity contribution >= 4 is 27.4 Å². The predicted octanol–water partition coefficient (Wildman–Crippen LogP) is 3.35. The Morgan fingerprint density at radius 1 is 1.04 bits per heavy atom. The lowest BCUT2D eigenvalue weighted by atomic mass is 10.1. The summed E-state index contributed by atoms with van der Waals surface area (Å²) >= 11 is 0.712. The first-order chi connectivity index (χ1) is 13.1. The number of ketones is 1. The van der Waals surface area contributed by atoms with Crippen molar-refractivity contribution in [3.63, 3.8) is 0 Å². The van der Waals surface area contributed by atoms with Crippen LogP contribution < -0.4 is 9.32 Å². The van der Waals surface area contributed by atoms with Crippen LogP contribution in [0, 0.1) is 17.5 Å². The van der Waals surface area contributed by atoms with Gasteiger partial charge in [-0.3, -0.25) is 4.79 Å². The van der Waals surface area contributed by atoms with Gasteiger partial charge < -0.3 is 9.29 Å². The number of hydrogen-bond donors (Lipinski definition) is 2. The number of rotatable bonds is 5. The van der Waals surface area contributed by atoms with Gasteiger partial charge in [-0.25, -0.2) is 13.2 Å². The van der Waals surface area contributed by atoms with Crippen LogP contribution >= 0.6 is 11.3 Å². The molecule has 0 atom stereocenters. The highest BCUT2D eigenvalue weighted by molar-refractivity contribution is 7.84. The molecule has 3 aromatic rings. The summed E-state index contributed by atoms with van der Waals surface area (Å²) in [5, 5.41) is 14.1. The first-order valence-electron chi connectivity index (χ1n) is 7.41. The fourth-order valence-electron chi connectivity index (χ4n) is 2.37. The first-order valence-corrected chi connectivity index (χ1v) is 9.70. The van der Waals surface area contributed by atoms with Gasteiger partial charge >= 0.3 is 10.3 Å². The van der Waals surface area contributed by atoms with Crippen molar-refractivity contribution in [3.8, 4) is 21.9 Å². The van der Waals surface area contributed by atoms with Gasteiger partial charge in [0.2, 0.25) is 5.78 Å². The Morgan fingerprint density at radius 3 is 2.43 bits per heavy atom. The van der Waals surface area contributed by atoms with Crippen molar-refractivity contribution in [3.05, 3.63) is 70.4 Å². The van der Waals surface area contributed by atoms with Crippen molar-refractivity contribution < 1.29 is 35.7 Å². The van der Waals surface area contributed by atoms with Gasteiger partial charge in [-0.15, -0.1) is 11.3 Å². The van der Waals surface area contributed by atoms with Gasteiger partial charge in [-0.1, -0.05) is 12.1 Å². The van der Waals surface area contributed by atoms with E-state index in [2.05, 4.69) is 4.18 Å². The zero-order valence-electron chi connectivity index (χ0n) is 13.6. The van der Waals surface area contributed by atoms with Crippen LogP contribution in [0.1, 0.15) is 15.2 Å². The molecule has 2 aromatic carbocycles. The van der Waals surface area contributed by atoms with Crippen molar-refractivity contribution in [1.29, 1.82) is 0 Å². The van der Waals surface area contributed by atoms with Gasteiger partial charge in [-0.2, -0.15) is 13.6 Å². The number of phenols is 1. The van der Waals surface area contributed by atoms with Gasteiger partial charge in [0.05, 0.1) is 10.4 Å². The van der Waals surface area contributed by atoms with E-state index in [-0.39, 0.29) is 15.3 Å². The number of carbonyl (C=O) groups excluding carboxylic acids is 1. The molecule has 0 radical (unpaired) electrons. The Hall–Kier alpha value is -2.89. The summed E-state index contributed by atoms with van der Waals surface area (Å²) in [7, 11) is -4.45. The zero-order valence-corrected chi connectivity index (χ0v) is 15.3. The maximum absolute atomic E-state index is 14.5. The second-order valence-corrected chi connectivity index (χ2v) is 7.68. The smallest absolute Gasteiger partial charge is 0.380 e. The third-order valence-corrected chi connectivity index (χ3v) is 5.09. The molecule has 0 aliphatic heterocycles. The molecule has 0 spiro atoms. The molecule has 0 fully saturated rings. The number of nitrogens with two attached hydrogens (primary N) is 1. The summed E-state index contributed by atoms with van der Waals surface area (Å²) in [6.45, 7) is 0. The number of phenolic OH excluding ortho intramolecular Hbond substituents is 1. The molecular weight excluding hydrogens is 419 g/mol. The zero-order chi connectivity index (χ0) is 20.6. The minimum absolute atomic E-state index is 0.109. The maximum Gasteiger partial charge on any atom is 0.380 e. The van der Waals surface area contributed by atoms with E-state index >= 15 is 0 Å². The molecule has 0 bridgehead atoms. The van der Waals surface area contributed by atoms with Crippen LogP contribution in [0.4, 0.5) is 13.2 Å². The van der Waals surface area contributed by atoms with Crippen molar-refractivity contribution in [2.24, 2.45) is 5.14 Å². The molecule has 0 saturated carbocycles. The summed E-state index contributed by atoms with van der Waals surface area (Å²) in [6, 6.07) is 7.69. The normalized spacial score (nSPS) is 11.4. The van der Waals surface area contributed by atoms with E-state index in [1.807, 2.05) is 0 Å². The Bertz CT molecular complexity index is 1190. The highest BCUT2D eigenvalue weighted by Crippen LogP contribution is 2.35. The quantitative estimate of drug-likeness (QED) is 0.605. The predicted molar refractivity (Wildman–Crippen MR) is 94.9 cm³/mol. The summed E-state index contributed by atoms with van der Waals surface area (Å²) < 4.78 is 68.7. The van der Waals surface area contributed by atoms with E-state index in [4.69, 9.17) is 5.14 Å². The van der Waals surface area contributed by atoms with E-state index in [0.717, 1.165) is 18.2 Å². The number of thiophene rings is 1. The summed E-state index contributed by atoms with van der Waals surface area (Å²) in [5.41, 5.74) is -1.05. The standard InChI is InChI=1S/C17H10F3NO5S2/c18-9-4-5-10(22)16(20)14(9)17(23)13-7-6-12(27-13)8-2-1-3-11(15(8)19)26-28(21,24)25/h1-7,22H,(H2,21,24,25). The molecule has 0 unspecified atom stereocenters. The molecule has 1 heterocycles. The van der Waals surface area contributed by atoms with E-state index in [0.29, 0.717) is 11.3 Å². The van der Waals surface area contributed by atoms with E-state index in [1.54, 1.807) is 0 Å². The second-order valence-electron chi connectivity index (χ2n) is 5.44. The fourth-order valence-corrected chi connectivity index (χ4v) is 3.72. The Morgan fingerprint density at radius 2 is 1.75 bits per heavy atom. The average Bonchev–Trinajstić information content (AvgIpc) is 3.09. The van der Waals surface area contributed by atoms with Crippen LogP contribution in [-0.4, -0.2) is 19.3 Å². The highest BCUT2D eigenvalue weighted by atomic mass is 32.2. The third kappa shape index (κ3) is 3.86. The monoisotopic (exact) mass is 429 g/mol. The van der Waals surface area contributed by atoms with E-state index < -0.39 is 50.6 Å². The minimum Gasteiger partial charge on any atom is -0.505 e. The summed E-state index contributed by atoms with van der Waals surface area (Å²) in [5.74, 6) is -6.20. The van der Waals surface area contributed by atoms with Crippen LogP contribution in [0.15, 0.2) is 42.5 Å². The summed E-state index contributed by atoms with van der Waals surface area (Å²) in [6.07, 6.45) is 0. The number of aromatic hydroxyl groups is 1. The molecule has 1 aromatic heterocycles. The third-order valence-electron chi connectivity index (χ3n) is 3.56. The number of halogens is 3. The lowest BCUT2D eigenvalue weighted by Crippen LogP contribution is -2.19. The molecule has 3 rings (SSSR count). The highest BCUT2D eigenvalue weighted by Gasteiger charge is 2.24. The Kier molecular flexibility index (Phi) is 5.15. The van der Waals surface area contributed by atoms with E-state index in [9.17, 15) is 31.5 Å². The van der Waals surface area contributed by atoms with Crippen molar-refractivity contribution in [2.75, 3.05) is 0 Å². The molecule has 11 heteroatoms. The number of hydrogen-bond acceptors (Lipinski definition) is 6. The first kappa shape index (κ1) is 19.9. The topological polar surface area (TPSA) is 107 Å². The van der Waals surface area contributed by atoms with Crippen LogP contribution in [0.5, 0.6) is 11.5 Å². The Balaban J connectivity index is 2.01. The molecule has 0 saturated heterocycles. The molecule has 0 amide bonds. The van der Waals surface area contributed by atoms with Crippen LogP contribution in [-0.2, 0) is 10.3 Å². The summed E-state index contributed by atoms with van der Waals surface area (Å²) in [4.78, 5) is 12.5. The minimum atomic E-state index is -4.45. The molecule has 146 valence electrons. The molecule has 0 aliphatic rings. The molecular formula is C17H10F3NO5S2. The van der Waals surface area contributed by atoms with Gasteiger partial charge in [0.25, 0.3) is 0 Å². The largest absolute Gasteiger partial charge is 0.505 e. The fraction of sp³-hybridized carbons (Fsp3) is 0. The maximum atomic E-state index is 14.5. The Labute approximate surface area is 160 Å². The van der Waals surface area contributed by atoms with Crippen LogP contribution in [0.2, 0.25) is 0 Å². The molecule has 6 nitrogen and oxygen atoms in total. The SMILES string of the molecule is NS(=O)(=O)Oc1cccc(-c2ccc(C(=O)c3c(F)ccc(O)c3F)s2)c1F. The van der Waals surface area contributed by atoms with Gasteiger partial charge in [-0.05, 0) is 30.3 Å².